The lowest BCUT2D eigenvalue weighted by Crippen LogP contribution is -2.04. The average Bonchev–Trinajstić information content (AvgIpc) is 2.38. The molecular weight excluding hydrogens is 252 g/mol. The fourth-order valence-corrected chi connectivity index (χ4v) is 1.46. The number of nitrogens with zero attached hydrogens (tertiary/aromatic N) is 2. The highest BCUT2D eigenvalue weighted by molar-refractivity contribution is 5.35. The molecule has 0 aliphatic heterocycles. The van der Waals surface area contributed by atoms with E-state index < -0.39 is 11.6 Å². The quantitative estimate of drug-likeness (QED) is 0.921. The number of aromatic nitrogens is 2. The molecule has 1 heterocycles. The van der Waals surface area contributed by atoms with Crippen molar-refractivity contribution >= 4 is 5.95 Å². The maximum atomic E-state index is 13.5. The van der Waals surface area contributed by atoms with Crippen molar-refractivity contribution in [3.8, 4) is 11.6 Å². The van der Waals surface area contributed by atoms with Crippen LogP contribution in [0.2, 0.25) is 0 Å². The molecule has 0 radical (unpaired) electrons. The zero-order valence-corrected chi connectivity index (χ0v) is 10.6. The summed E-state index contributed by atoms with van der Waals surface area (Å²) in [5.74, 6) is -1.47. The highest BCUT2D eigenvalue weighted by Crippen LogP contribution is 2.26. The van der Waals surface area contributed by atoms with E-state index in [1.165, 1.54) is 12.1 Å². The van der Waals surface area contributed by atoms with Crippen LogP contribution in [-0.2, 0) is 0 Å². The molecule has 0 saturated carbocycles. The van der Waals surface area contributed by atoms with Gasteiger partial charge in [-0.05, 0) is 31.5 Å². The van der Waals surface area contributed by atoms with Gasteiger partial charge in [0.2, 0.25) is 11.8 Å². The number of hydrogen-bond acceptors (Lipinski definition) is 4. The molecule has 0 unspecified atom stereocenters. The second-order valence-corrected chi connectivity index (χ2v) is 3.91. The van der Waals surface area contributed by atoms with E-state index >= 15 is 0 Å². The Hall–Kier alpha value is -2.24. The molecule has 6 heteroatoms. The van der Waals surface area contributed by atoms with Crippen LogP contribution in [0.15, 0.2) is 24.4 Å². The van der Waals surface area contributed by atoms with E-state index in [0.29, 0.717) is 6.54 Å². The number of rotatable bonds is 4. The van der Waals surface area contributed by atoms with Crippen molar-refractivity contribution in [1.29, 1.82) is 0 Å². The summed E-state index contributed by atoms with van der Waals surface area (Å²) in [5, 5.41) is 2.82. The molecule has 0 atom stereocenters. The third kappa shape index (κ3) is 3.15. The van der Waals surface area contributed by atoms with E-state index in [-0.39, 0.29) is 17.6 Å². The Bertz CT molecular complexity index is 590. The molecule has 0 saturated heterocycles. The Morgan fingerprint density at radius 2 is 2.05 bits per heavy atom. The van der Waals surface area contributed by atoms with E-state index in [9.17, 15) is 8.78 Å². The lowest BCUT2D eigenvalue weighted by atomic mass is 10.2. The summed E-state index contributed by atoms with van der Waals surface area (Å²) in [6, 6.07) is 4.33. The van der Waals surface area contributed by atoms with Crippen molar-refractivity contribution in [2.24, 2.45) is 0 Å². The summed E-state index contributed by atoms with van der Waals surface area (Å²) in [5.41, 5.74) is 0.803. The minimum Gasteiger partial charge on any atom is -0.433 e. The third-order valence-electron chi connectivity index (χ3n) is 2.34. The van der Waals surface area contributed by atoms with Crippen LogP contribution < -0.4 is 10.1 Å². The Labute approximate surface area is 109 Å². The standard InChI is InChI=1S/C13H13F2N3O/c1-3-16-13-17-7-10(15)12(18-13)19-11-6-8(2)4-5-9(11)14/h4-7H,3H2,1-2H3,(H,16,17,18). The molecule has 0 aliphatic carbocycles. The van der Waals surface area contributed by atoms with Gasteiger partial charge in [-0.3, -0.25) is 0 Å². The summed E-state index contributed by atoms with van der Waals surface area (Å²) >= 11 is 0. The van der Waals surface area contributed by atoms with E-state index in [2.05, 4.69) is 15.3 Å². The minimum atomic E-state index is -0.748. The van der Waals surface area contributed by atoms with Gasteiger partial charge in [-0.1, -0.05) is 6.07 Å². The van der Waals surface area contributed by atoms with E-state index in [1.807, 2.05) is 6.92 Å². The second-order valence-electron chi connectivity index (χ2n) is 3.91. The molecular formula is C13H13F2N3O. The summed E-state index contributed by atoms with van der Waals surface area (Å²) in [4.78, 5) is 7.58. The zero-order valence-electron chi connectivity index (χ0n) is 10.6. The predicted molar refractivity (Wildman–Crippen MR) is 67.4 cm³/mol. The number of halogens is 2. The van der Waals surface area contributed by atoms with Gasteiger partial charge in [0, 0.05) is 6.54 Å². The highest BCUT2D eigenvalue weighted by Gasteiger charge is 2.12. The van der Waals surface area contributed by atoms with Crippen LogP contribution in [-0.4, -0.2) is 16.5 Å². The van der Waals surface area contributed by atoms with Crippen LogP contribution in [0.3, 0.4) is 0 Å². The first-order chi connectivity index (χ1) is 9.10. The minimum absolute atomic E-state index is 0.0694. The Morgan fingerprint density at radius 1 is 1.26 bits per heavy atom. The van der Waals surface area contributed by atoms with Crippen LogP contribution in [0.25, 0.3) is 0 Å². The zero-order chi connectivity index (χ0) is 13.8. The molecule has 0 aliphatic rings. The summed E-state index contributed by atoms with van der Waals surface area (Å²) in [6.07, 6.45) is 0.980. The Morgan fingerprint density at radius 3 is 2.79 bits per heavy atom. The number of nitrogens with one attached hydrogen (secondary N) is 1. The predicted octanol–water partition coefficient (Wildman–Crippen LogP) is 3.29. The molecule has 1 N–H and O–H groups in total. The lowest BCUT2D eigenvalue weighted by Gasteiger charge is -2.09. The first kappa shape index (κ1) is 13.2. The van der Waals surface area contributed by atoms with Crippen molar-refractivity contribution in [3.63, 3.8) is 0 Å². The average molecular weight is 265 g/mol. The smallest absolute Gasteiger partial charge is 0.260 e. The topological polar surface area (TPSA) is 47.0 Å². The van der Waals surface area contributed by atoms with Gasteiger partial charge in [-0.15, -0.1) is 0 Å². The van der Waals surface area contributed by atoms with Crippen molar-refractivity contribution in [2.75, 3.05) is 11.9 Å². The van der Waals surface area contributed by atoms with Crippen molar-refractivity contribution < 1.29 is 13.5 Å². The summed E-state index contributed by atoms with van der Waals surface area (Å²) < 4.78 is 32.2. The number of anilines is 1. The van der Waals surface area contributed by atoms with Gasteiger partial charge in [-0.2, -0.15) is 9.37 Å². The SMILES string of the molecule is CCNc1ncc(F)c(Oc2cc(C)ccc2F)n1. The second kappa shape index (κ2) is 5.60. The van der Waals surface area contributed by atoms with Gasteiger partial charge in [0.15, 0.2) is 11.6 Å². The highest BCUT2D eigenvalue weighted by atomic mass is 19.1. The molecule has 100 valence electrons. The van der Waals surface area contributed by atoms with Crippen LogP contribution in [0.5, 0.6) is 11.6 Å². The Balaban J connectivity index is 2.31. The molecule has 4 nitrogen and oxygen atoms in total. The lowest BCUT2D eigenvalue weighted by molar-refractivity contribution is 0.396. The number of aryl methyl sites for hydroxylation is 1. The maximum Gasteiger partial charge on any atom is 0.260 e. The Kier molecular flexibility index (Phi) is 3.89. The molecule has 0 spiro atoms. The van der Waals surface area contributed by atoms with Gasteiger partial charge >= 0.3 is 0 Å². The normalized spacial score (nSPS) is 10.3. The first-order valence-corrected chi connectivity index (χ1v) is 5.80. The number of benzene rings is 1. The van der Waals surface area contributed by atoms with Crippen LogP contribution in [0.4, 0.5) is 14.7 Å². The van der Waals surface area contributed by atoms with E-state index in [4.69, 9.17) is 4.74 Å². The maximum absolute atomic E-state index is 13.5. The van der Waals surface area contributed by atoms with Crippen molar-refractivity contribution in [3.05, 3.63) is 41.6 Å². The molecule has 19 heavy (non-hydrogen) atoms. The van der Waals surface area contributed by atoms with Gasteiger partial charge in [0.25, 0.3) is 5.88 Å². The van der Waals surface area contributed by atoms with Gasteiger partial charge in [0.1, 0.15) is 0 Å². The first-order valence-electron chi connectivity index (χ1n) is 5.80. The van der Waals surface area contributed by atoms with Crippen LogP contribution in [0.1, 0.15) is 12.5 Å². The van der Waals surface area contributed by atoms with E-state index in [1.54, 1.807) is 13.0 Å². The van der Waals surface area contributed by atoms with Gasteiger partial charge in [0.05, 0.1) is 6.20 Å². The van der Waals surface area contributed by atoms with Crippen molar-refractivity contribution in [2.45, 2.75) is 13.8 Å². The molecule has 2 rings (SSSR count). The molecule has 0 bridgehead atoms. The van der Waals surface area contributed by atoms with Crippen LogP contribution in [0, 0.1) is 18.6 Å². The van der Waals surface area contributed by atoms with Gasteiger partial charge in [-0.25, -0.2) is 9.37 Å². The molecule has 1 aromatic carbocycles. The van der Waals surface area contributed by atoms with E-state index in [0.717, 1.165) is 11.8 Å². The molecule has 2 aromatic rings. The number of hydrogen-bond donors (Lipinski definition) is 1. The van der Waals surface area contributed by atoms with Crippen LogP contribution >= 0.6 is 0 Å². The fraction of sp³-hybridized carbons (Fsp3) is 0.231. The largest absolute Gasteiger partial charge is 0.433 e. The molecule has 1 aromatic heterocycles. The fourth-order valence-electron chi connectivity index (χ4n) is 1.46. The summed E-state index contributed by atoms with van der Waals surface area (Å²) in [7, 11) is 0. The third-order valence-corrected chi connectivity index (χ3v) is 2.34. The molecule has 0 amide bonds. The monoisotopic (exact) mass is 265 g/mol. The molecule has 0 fully saturated rings. The summed E-state index contributed by atoms with van der Waals surface area (Å²) in [6.45, 7) is 4.23. The van der Waals surface area contributed by atoms with Crippen molar-refractivity contribution in [1.82, 2.24) is 9.97 Å². The van der Waals surface area contributed by atoms with Gasteiger partial charge < -0.3 is 10.1 Å². The number of ether oxygens (including phenoxy) is 1.